The number of hydrogen-bond donors (Lipinski definition) is 1. The van der Waals surface area contributed by atoms with Crippen molar-refractivity contribution < 1.29 is 13.9 Å². The fraction of sp³-hybridized carbons (Fsp3) is 0.400. The average Bonchev–Trinajstić information content (AvgIpc) is 3.17. The van der Waals surface area contributed by atoms with Crippen molar-refractivity contribution in [1.29, 1.82) is 0 Å². The topological polar surface area (TPSA) is 80.0 Å². The minimum Gasteiger partial charge on any atom is -0.460 e. The van der Waals surface area contributed by atoms with Crippen molar-refractivity contribution in [1.82, 2.24) is 10.4 Å². The molecule has 1 fully saturated rings. The lowest BCUT2D eigenvalue weighted by Gasteiger charge is -2.26. The summed E-state index contributed by atoms with van der Waals surface area (Å²) in [6.07, 6.45) is 1.68. The Kier molecular flexibility index (Phi) is 5.04. The highest BCUT2D eigenvalue weighted by Gasteiger charge is 2.15. The van der Waals surface area contributed by atoms with Crippen LogP contribution in [0.1, 0.15) is 17.2 Å². The number of nitrogens with one attached hydrogen (secondary N) is 1. The Balaban J connectivity index is 1.49. The third kappa shape index (κ3) is 4.40. The fourth-order valence-electron chi connectivity index (χ4n) is 2.17. The molecule has 0 aliphatic carbocycles. The Bertz CT molecular complexity index is 688. The van der Waals surface area contributed by atoms with Crippen molar-refractivity contribution in [3.63, 3.8) is 0 Å². The van der Waals surface area contributed by atoms with Crippen molar-refractivity contribution in [2.75, 3.05) is 31.2 Å². The molecule has 122 valence electrons. The van der Waals surface area contributed by atoms with Crippen LogP contribution in [0.15, 0.2) is 27.0 Å². The number of nitrogens with zero attached hydrogens (tertiary/aromatic N) is 3. The fourth-order valence-corrected chi connectivity index (χ4v) is 3.05. The van der Waals surface area contributed by atoms with E-state index in [1.54, 1.807) is 17.4 Å². The number of amides is 1. The van der Waals surface area contributed by atoms with Crippen LogP contribution in [0.5, 0.6) is 0 Å². The lowest BCUT2D eigenvalue weighted by atomic mass is 10.3. The van der Waals surface area contributed by atoms with Crippen molar-refractivity contribution in [3.8, 4) is 0 Å². The molecular weight excluding hydrogens is 316 g/mol. The van der Waals surface area contributed by atoms with E-state index in [9.17, 15) is 4.79 Å². The molecule has 2 aromatic rings. The van der Waals surface area contributed by atoms with Gasteiger partial charge in [-0.25, -0.2) is 10.4 Å². The lowest BCUT2D eigenvalue weighted by Crippen LogP contribution is -2.36. The molecule has 8 heteroatoms. The Hall–Kier alpha value is -2.19. The zero-order valence-electron chi connectivity index (χ0n) is 12.8. The van der Waals surface area contributed by atoms with Crippen LogP contribution in [0.25, 0.3) is 0 Å². The number of anilines is 1. The van der Waals surface area contributed by atoms with Gasteiger partial charge in [0.1, 0.15) is 11.5 Å². The number of thiazole rings is 1. The first-order valence-electron chi connectivity index (χ1n) is 7.36. The Labute approximate surface area is 138 Å². The van der Waals surface area contributed by atoms with Crippen molar-refractivity contribution in [3.05, 3.63) is 34.7 Å². The summed E-state index contributed by atoms with van der Waals surface area (Å²) in [5, 5.41) is 6.72. The number of aromatic nitrogens is 1. The number of aryl methyl sites for hydroxylation is 1. The van der Waals surface area contributed by atoms with E-state index in [1.165, 1.54) is 6.21 Å². The summed E-state index contributed by atoms with van der Waals surface area (Å²) >= 11 is 1.55. The molecular formula is C15H18N4O3S. The van der Waals surface area contributed by atoms with E-state index in [1.807, 2.05) is 18.4 Å². The summed E-state index contributed by atoms with van der Waals surface area (Å²) in [6, 6.07) is 3.63. The van der Waals surface area contributed by atoms with E-state index in [0.29, 0.717) is 5.76 Å². The van der Waals surface area contributed by atoms with Gasteiger partial charge in [0, 0.05) is 18.5 Å². The van der Waals surface area contributed by atoms with Gasteiger partial charge in [0.2, 0.25) is 5.91 Å². The van der Waals surface area contributed by atoms with Crippen molar-refractivity contribution >= 4 is 28.6 Å². The molecule has 1 aliphatic rings. The van der Waals surface area contributed by atoms with Crippen LogP contribution in [-0.2, 0) is 16.0 Å². The monoisotopic (exact) mass is 334 g/mol. The molecule has 0 saturated carbocycles. The molecule has 0 atom stereocenters. The third-order valence-corrected chi connectivity index (χ3v) is 4.26. The van der Waals surface area contributed by atoms with Gasteiger partial charge in [-0.3, -0.25) is 4.79 Å². The summed E-state index contributed by atoms with van der Waals surface area (Å²) < 4.78 is 10.6. The molecule has 3 heterocycles. The van der Waals surface area contributed by atoms with Crippen LogP contribution in [0.3, 0.4) is 0 Å². The van der Waals surface area contributed by atoms with Crippen LogP contribution < -0.4 is 10.3 Å². The maximum absolute atomic E-state index is 11.9. The maximum Gasteiger partial charge on any atom is 0.246 e. The van der Waals surface area contributed by atoms with E-state index in [0.717, 1.165) is 42.9 Å². The maximum atomic E-state index is 11.9. The number of rotatable bonds is 5. The van der Waals surface area contributed by atoms with Gasteiger partial charge in [0.25, 0.3) is 0 Å². The normalized spacial score (nSPS) is 15.3. The minimum atomic E-state index is -0.205. The van der Waals surface area contributed by atoms with Crippen LogP contribution in [-0.4, -0.2) is 43.4 Å². The molecule has 0 unspecified atom stereocenters. The minimum absolute atomic E-state index is 0.204. The molecule has 0 aromatic carbocycles. The van der Waals surface area contributed by atoms with E-state index in [4.69, 9.17) is 9.15 Å². The summed E-state index contributed by atoms with van der Waals surface area (Å²) in [4.78, 5) is 18.5. The molecule has 7 nitrogen and oxygen atoms in total. The quantitative estimate of drug-likeness (QED) is 0.663. The number of hydrazone groups is 1. The second kappa shape index (κ2) is 7.38. The molecule has 1 N–H and O–H groups in total. The van der Waals surface area contributed by atoms with Gasteiger partial charge in [-0.15, -0.1) is 11.3 Å². The Morgan fingerprint density at radius 2 is 2.30 bits per heavy atom. The number of carbonyl (C=O) groups excluding carboxylic acids is 1. The number of morpholine rings is 1. The first-order chi connectivity index (χ1) is 11.2. The largest absolute Gasteiger partial charge is 0.460 e. The van der Waals surface area contributed by atoms with Crippen molar-refractivity contribution in [2.45, 2.75) is 13.3 Å². The van der Waals surface area contributed by atoms with Gasteiger partial charge in [0.15, 0.2) is 5.13 Å². The first kappa shape index (κ1) is 15.7. The predicted molar refractivity (Wildman–Crippen MR) is 88.0 cm³/mol. The molecule has 0 bridgehead atoms. The van der Waals surface area contributed by atoms with E-state index in [2.05, 4.69) is 20.4 Å². The summed E-state index contributed by atoms with van der Waals surface area (Å²) in [6.45, 7) is 4.97. The molecule has 3 rings (SSSR count). The summed E-state index contributed by atoms with van der Waals surface area (Å²) in [5.41, 5.74) is 3.23. The summed E-state index contributed by atoms with van der Waals surface area (Å²) in [5.74, 6) is 1.20. The second-order valence-electron chi connectivity index (χ2n) is 5.14. The van der Waals surface area contributed by atoms with Gasteiger partial charge in [-0.1, -0.05) is 0 Å². The third-order valence-electron chi connectivity index (χ3n) is 3.31. The van der Waals surface area contributed by atoms with Gasteiger partial charge in [-0.2, -0.15) is 5.10 Å². The second-order valence-corrected chi connectivity index (χ2v) is 5.98. The van der Waals surface area contributed by atoms with E-state index >= 15 is 0 Å². The molecule has 0 spiro atoms. The smallest absolute Gasteiger partial charge is 0.246 e. The van der Waals surface area contributed by atoms with E-state index < -0.39 is 0 Å². The van der Waals surface area contributed by atoms with Crippen molar-refractivity contribution in [2.24, 2.45) is 5.10 Å². The van der Waals surface area contributed by atoms with Gasteiger partial charge in [-0.05, 0) is 19.1 Å². The lowest BCUT2D eigenvalue weighted by molar-refractivity contribution is -0.120. The molecule has 1 amide bonds. The number of furan rings is 1. The first-order valence-corrected chi connectivity index (χ1v) is 8.24. The number of carbonyl (C=O) groups is 1. The SMILES string of the molecule is Cc1ccc(/C=N\NC(=O)Cc2csc(N3CCOCC3)n2)o1. The average molecular weight is 334 g/mol. The molecule has 2 aromatic heterocycles. The van der Waals surface area contributed by atoms with Gasteiger partial charge < -0.3 is 14.1 Å². The molecule has 1 aliphatic heterocycles. The van der Waals surface area contributed by atoms with Crippen LogP contribution in [0, 0.1) is 6.92 Å². The zero-order chi connectivity index (χ0) is 16.1. The highest BCUT2D eigenvalue weighted by Crippen LogP contribution is 2.21. The Morgan fingerprint density at radius 3 is 3.04 bits per heavy atom. The predicted octanol–water partition coefficient (Wildman–Crippen LogP) is 1.57. The standard InChI is InChI=1S/C15H18N4O3S/c1-11-2-3-13(22-11)9-16-18-14(20)8-12-10-23-15(17-12)19-4-6-21-7-5-19/h2-3,9-10H,4-8H2,1H3,(H,18,20)/b16-9-. The zero-order valence-corrected chi connectivity index (χ0v) is 13.6. The van der Waals surface area contributed by atoms with Gasteiger partial charge in [0.05, 0.1) is 31.5 Å². The molecule has 1 saturated heterocycles. The van der Waals surface area contributed by atoms with Gasteiger partial charge >= 0.3 is 0 Å². The van der Waals surface area contributed by atoms with E-state index in [-0.39, 0.29) is 12.3 Å². The molecule has 23 heavy (non-hydrogen) atoms. The number of hydrogen-bond acceptors (Lipinski definition) is 7. The highest BCUT2D eigenvalue weighted by atomic mass is 32.1. The Morgan fingerprint density at radius 1 is 1.48 bits per heavy atom. The molecule has 0 radical (unpaired) electrons. The van der Waals surface area contributed by atoms with Crippen LogP contribution in [0.2, 0.25) is 0 Å². The van der Waals surface area contributed by atoms with Crippen LogP contribution >= 0.6 is 11.3 Å². The summed E-state index contributed by atoms with van der Waals surface area (Å²) in [7, 11) is 0. The highest BCUT2D eigenvalue weighted by molar-refractivity contribution is 7.13. The van der Waals surface area contributed by atoms with Crippen LogP contribution in [0.4, 0.5) is 5.13 Å². The number of ether oxygens (including phenoxy) is 1.